The maximum absolute atomic E-state index is 3.99. The summed E-state index contributed by atoms with van der Waals surface area (Å²) in [6.07, 6.45) is 5.65. The molecule has 62 valence electrons. The van der Waals surface area contributed by atoms with Gasteiger partial charge in [0, 0.05) is 25.0 Å². The van der Waals surface area contributed by atoms with E-state index >= 15 is 0 Å². The monoisotopic (exact) mass is 153 g/mol. The molecule has 0 saturated carbocycles. The average Bonchev–Trinajstić information content (AvgIpc) is 2.52. The summed E-state index contributed by atoms with van der Waals surface area (Å²) in [5, 5.41) is 3.29. The second-order valence-electron chi connectivity index (χ2n) is 2.67. The van der Waals surface area contributed by atoms with E-state index in [4.69, 9.17) is 0 Å². The van der Waals surface area contributed by atoms with Crippen LogP contribution in [0.5, 0.6) is 0 Å². The highest BCUT2D eigenvalue weighted by Gasteiger charge is 2.00. The normalized spacial score (nSPS) is 13.3. The van der Waals surface area contributed by atoms with Gasteiger partial charge in [0.15, 0.2) is 0 Å². The number of rotatable bonds is 4. The first-order valence-electron chi connectivity index (χ1n) is 4.02. The van der Waals surface area contributed by atoms with Crippen molar-refractivity contribution in [3.63, 3.8) is 0 Å². The molecule has 0 bridgehead atoms. The largest absolute Gasteiger partial charge is 0.333 e. The lowest BCUT2D eigenvalue weighted by atomic mass is 10.3. The predicted molar refractivity (Wildman–Crippen MR) is 45.5 cm³/mol. The Kier molecular flexibility index (Phi) is 3.11. The molecule has 1 atom stereocenters. The second kappa shape index (κ2) is 4.13. The van der Waals surface area contributed by atoms with Crippen LogP contribution in [0.1, 0.15) is 19.9 Å². The van der Waals surface area contributed by atoms with Gasteiger partial charge in [-0.1, -0.05) is 6.92 Å². The van der Waals surface area contributed by atoms with E-state index in [9.17, 15) is 0 Å². The fraction of sp³-hybridized carbons (Fsp3) is 0.625. The van der Waals surface area contributed by atoms with Gasteiger partial charge in [0.2, 0.25) is 0 Å². The van der Waals surface area contributed by atoms with Crippen molar-refractivity contribution >= 4 is 0 Å². The Hall–Kier alpha value is -0.830. The van der Waals surface area contributed by atoms with Crippen molar-refractivity contribution in [3.8, 4) is 0 Å². The number of aromatic nitrogens is 2. The van der Waals surface area contributed by atoms with Gasteiger partial charge in [-0.25, -0.2) is 4.98 Å². The third kappa shape index (κ3) is 2.35. The quantitative estimate of drug-likeness (QED) is 0.700. The fourth-order valence-electron chi connectivity index (χ4n) is 0.989. The Balaban J connectivity index is 2.36. The second-order valence-corrected chi connectivity index (χ2v) is 2.67. The number of imidazole rings is 1. The van der Waals surface area contributed by atoms with E-state index in [1.807, 2.05) is 18.7 Å². The molecule has 1 N–H and O–H groups in total. The van der Waals surface area contributed by atoms with Crippen LogP contribution in [-0.2, 0) is 0 Å². The first kappa shape index (κ1) is 8.27. The molecule has 1 heterocycles. The molecular formula is C8H15N3. The standard InChI is InChI=1S/C8H15N3/c1-3-9-6-8(2)11-5-4-10-7-11/h4-5,7-9H,3,6H2,1-2H3. The van der Waals surface area contributed by atoms with E-state index < -0.39 is 0 Å². The molecule has 3 heteroatoms. The van der Waals surface area contributed by atoms with Gasteiger partial charge < -0.3 is 9.88 Å². The Morgan fingerprint density at radius 1 is 1.64 bits per heavy atom. The van der Waals surface area contributed by atoms with Crippen molar-refractivity contribution in [1.29, 1.82) is 0 Å². The van der Waals surface area contributed by atoms with Crippen molar-refractivity contribution in [1.82, 2.24) is 14.9 Å². The van der Waals surface area contributed by atoms with E-state index in [2.05, 4.69) is 28.7 Å². The summed E-state index contributed by atoms with van der Waals surface area (Å²) in [6.45, 7) is 6.32. The molecule has 0 aliphatic rings. The van der Waals surface area contributed by atoms with Crippen LogP contribution in [0.3, 0.4) is 0 Å². The molecule has 1 rings (SSSR count). The summed E-state index contributed by atoms with van der Waals surface area (Å²) in [5.74, 6) is 0. The molecule has 0 aromatic carbocycles. The molecule has 1 aromatic heterocycles. The molecule has 11 heavy (non-hydrogen) atoms. The van der Waals surface area contributed by atoms with Crippen LogP contribution in [-0.4, -0.2) is 22.6 Å². The van der Waals surface area contributed by atoms with Gasteiger partial charge in [0.1, 0.15) is 0 Å². The molecule has 0 aliphatic heterocycles. The number of likely N-dealkylation sites (N-methyl/N-ethyl adjacent to an activating group) is 1. The van der Waals surface area contributed by atoms with Crippen LogP contribution >= 0.6 is 0 Å². The summed E-state index contributed by atoms with van der Waals surface area (Å²) in [5.41, 5.74) is 0. The zero-order valence-electron chi connectivity index (χ0n) is 7.12. The predicted octanol–water partition coefficient (Wildman–Crippen LogP) is 1.05. The van der Waals surface area contributed by atoms with Crippen LogP contribution in [0, 0.1) is 0 Å². The van der Waals surface area contributed by atoms with E-state index in [-0.39, 0.29) is 0 Å². The number of nitrogens with one attached hydrogen (secondary N) is 1. The van der Waals surface area contributed by atoms with Crippen molar-refractivity contribution in [2.45, 2.75) is 19.9 Å². The zero-order valence-corrected chi connectivity index (χ0v) is 7.12. The zero-order chi connectivity index (χ0) is 8.10. The van der Waals surface area contributed by atoms with Crippen molar-refractivity contribution in [2.75, 3.05) is 13.1 Å². The van der Waals surface area contributed by atoms with Crippen LogP contribution < -0.4 is 5.32 Å². The van der Waals surface area contributed by atoms with Crippen LogP contribution in [0.4, 0.5) is 0 Å². The number of nitrogens with zero attached hydrogens (tertiary/aromatic N) is 2. The highest BCUT2D eigenvalue weighted by Crippen LogP contribution is 2.01. The Labute approximate surface area is 67.4 Å². The lowest BCUT2D eigenvalue weighted by Crippen LogP contribution is -2.22. The first-order valence-corrected chi connectivity index (χ1v) is 4.02. The van der Waals surface area contributed by atoms with Gasteiger partial charge in [-0.2, -0.15) is 0 Å². The molecular weight excluding hydrogens is 138 g/mol. The van der Waals surface area contributed by atoms with Gasteiger partial charge in [-0.3, -0.25) is 0 Å². The maximum Gasteiger partial charge on any atom is 0.0948 e. The fourth-order valence-corrected chi connectivity index (χ4v) is 0.989. The van der Waals surface area contributed by atoms with Crippen LogP contribution in [0.15, 0.2) is 18.7 Å². The van der Waals surface area contributed by atoms with E-state index in [1.165, 1.54) is 0 Å². The topological polar surface area (TPSA) is 29.9 Å². The highest BCUT2D eigenvalue weighted by atomic mass is 15.1. The van der Waals surface area contributed by atoms with Gasteiger partial charge >= 0.3 is 0 Å². The molecule has 0 radical (unpaired) electrons. The summed E-state index contributed by atoms with van der Waals surface area (Å²) >= 11 is 0. The molecule has 1 unspecified atom stereocenters. The Bertz CT molecular complexity index is 181. The average molecular weight is 153 g/mol. The minimum atomic E-state index is 0.498. The minimum Gasteiger partial charge on any atom is -0.333 e. The van der Waals surface area contributed by atoms with Gasteiger partial charge in [-0.05, 0) is 13.5 Å². The van der Waals surface area contributed by atoms with Crippen LogP contribution in [0.2, 0.25) is 0 Å². The van der Waals surface area contributed by atoms with Gasteiger partial charge in [0.25, 0.3) is 0 Å². The molecule has 0 spiro atoms. The number of hydrogen-bond acceptors (Lipinski definition) is 2. The van der Waals surface area contributed by atoms with Crippen molar-refractivity contribution in [3.05, 3.63) is 18.7 Å². The lowest BCUT2D eigenvalue weighted by molar-refractivity contribution is 0.501. The molecule has 0 aliphatic carbocycles. The van der Waals surface area contributed by atoms with Gasteiger partial charge in [-0.15, -0.1) is 0 Å². The minimum absolute atomic E-state index is 0.498. The van der Waals surface area contributed by atoms with Crippen LogP contribution in [0.25, 0.3) is 0 Å². The smallest absolute Gasteiger partial charge is 0.0948 e. The molecule has 0 amide bonds. The molecule has 0 fully saturated rings. The first-order chi connectivity index (χ1) is 5.34. The maximum atomic E-state index is 3.99. The van der Waals surface area contributed by atoms with E-state index in [0.717, 1.165) is 13.1 Å². The van der Waals surface area contributed by atoms with Crippen molar-refractivity contribution < 1.29 is 0 Å². The summed E-state index contributed by atoms with van der Waals surface area (Å²) in [7, 11) is 0. The SMILES string of the molecule is CCNCC(C)n1ccnc1. The summed E-state index contributed by atoms with van der Waals surface area (Å²) in [6, 6.07) is 0.498. The summed E-state index contributed by atoms with van der Waals surface area (Å²) in [4.78, 5) is 3.99. The van der Waals surface area contributed by atoms with E-state index in [1.54, 1.807) is 0 Å². The molecule has 0 saturated heterocycles. The third-order valence-electron chi connectivity index (χ3n) is 1.72. The molecule has 1 aromatic rings. The lowest BCUT2D eigenvalue weighted by Gasteiger charge is -2.12. The Morgan fingerprint density at radius 3 is 3.00 bits per heavy atom. The highest BCUT2D eigenvalue weighted by molar-refractivity contribution is 4.79. The summed E-state index contributed by atoms with van der Waals surface area (Å²) < 4.78 is 2.10. The van der Waals surface area contributed by atoms with Gasteiger partial charge in [0.05, 0.1) is 6.33 Å². The molecule has 3 nitrogen and oxygen atoms in total. The van der Waals surface area contributed by atoms with Crippen molar-refractivity contribution in [2.24, 2.45) is 0 Å². The van der Waals surface area contributed by atoms with E-state index in [0.29, 0.717) is 6.04 Å². The Morgan fingerprint density at radius 2 is 2.45 bits per heavy atom. The third-order valence-corrected chi connectivity index (χ3v) is 1.72. The number of hydrogen-bond donors (Lipinski definition) is 1.